The van der Waals surface area contributed by atoms with Crippen LogP contribution in [0.5, 0.6) is 0 Å². The van der Waals surface area contributed by atoms with Crippen molar-refractivity contribution in [3.8, 4) is 0 Å². The van der Waals surface area contributed by atoms with Gasteiger partial charge in [-0.1, -0.05) is 0 Å². The lowest BCUT2D eigenvalue weighted by atomic mass is 10.9. The van der Waals surface area contributed by atoms with Crippen LogP contribution in [0, 0.1) is 0 Å². The zero-order chi connectivity index (χ0) is 9.94. The molecule has 0 bridgehead atoms. The lowest BCUT2D eigenvalue weighted by molar-refractivity contribution is -0.494. The number of hydrogen-bond acceptors (Lipinski definition) is 1. The van der Waals surface area contributed by atoms with Crippen LogP contribution >= 0.6 is 0 Å². The van der Waals surface area contributed by atoms with Crippen LogP contribution in [0.15, 0.2) is 0 Å². The summed E-state index contributed by atoms with van der Waals surface area (Å²) < 4.78 is 51.2. The third-order valence-corrected chi connectivity index (χ3v) is 0.853. The first-order chi connectivity index (χ1) is 5.24. The largest absolute Gasteiger partial charge is 0.578 e. The molecule has 0 radical (unpaired) electrons. The van der Waals surface area contributed by atoms with Crippen LogP contribution in [0.1, 0.15) is 0 Å². The minimum absolute atomic E-state index is 0.256. The molecule has 72 valence electrons. The molecular formula is C5H9F4N2O+. The van der Waals surface area contributed by atoms with Crippen molar-refractivity contribution in [1.29, 1.82) is 0 Å². The van der Waals surface area contributed by atoms with E-state index >= 15 is 0 Å². The average molecular weight is 189 g/mol. The van der Waals surface area contributed by atoms with Gasteiger partial charge in [-0.2, -0.15) is 0 Å². The standard InChI is InChI=1S/C5H9F4N2O/c1-10(2)4(11(3)9)12-5(6,7)8/h1-3H3/q+1. The van der Waals surface area contributed by atoms with Crippen molar-refractivity contribution in [2.75, 3.05) is 21.1 Å². The van der Waals surface area contributed by atoms with E-state index in [4.69, 9.17) is 0 Å². The minimum atomic E-state index is -4.88. The summed E-state index contributed by atoms with van der Waals surface area (Å²) >= 11 is 0. The number of hydrogen-bond donors (Lipinski definition) is 0. The highest BCUT2D eigenvalue weighted by molar-refractivity contribution is 5.66. The smallest absolute Gasteiger partial charge is 0.335 e. The van der Waals surface area contributed by atoms with Gasteiger partial charge in [0.1, 0.15) is 7.05 Å². The molecule has 0 rings (SSSR count). The molecular weight excluding hydrogens is 180 g/mol. The molecule has 7 heteroatoms. The maximum Gasteiger partial charge on any atom is 0.578 e. The van der Waals surface area contributed by atoms with Crippen molar-refractivity contribution < 1.29 is 27.0 Å². The summed E-state index contributed by atoms with van der Waals surface area (Å²) in [6.07, 6.45) is -4.88. The van der Waals surface area contributed by atoms with Gasteiger partial charge in [-0.3, -0.25) is 0 Å². The van der Waals surface area contributed by atoms with Crippen molar-refractivity contribution >= 4 is 6.02 Å². The number of rotatable bonds is 0. The first-order valence-electron chi connectivity index (χ1n) is 2.93. The Morgan fingerprint density at radius 3 is 1.83 bits per heavy atom. The highest BCUT2D eigenvalue weighted by atomic mass is 19.4. The molecule has 12 heavy (non-hydrogen) atoms. The highest BCUT2D eigenvalue weighted by Crippen LogP contribution is 2.17. The van der Waals surface area contributed by atoms with Crippen LogP contribution < -0.4 is 0 Å². The zero-order valence-electron chi connectivity index (χ0n) is 6.81. The number of ether oxygens (including phenoxy) is 1. The second-order valence-electron chi connectivity index (χ2n) is 2.20. The number of nitrogens with zero attached hydrogens (tertiary/aromatic N) is 2. The third kappa shape index (κ3) is 3.99. The molecule has 0 heterocycles. The molecule has 0 aromatic carbocycles. The summed E-state index contributed by atoms with van der Waals surface area (Å²) in [4.78, 5) is 0. The SMILES string of the molecule is CN(F)C(OC(F)(F)F)=[N+](C)C. The van der Waals surface area contributed by atoms with Gasteiger partial charge < -0.3 is 4.74 Å². The zero-order valence-corrected chi connectivity index (χ0v) is 6.81. The summed E-state index contributed by atoms with van der Waals surface area (Å²) in [7, 11) is 3.27. The average Bonchev–Trinajstić information content (AvgIpc) is 1.79. The van der Waals surface area contributed by atoms with E-state index in [-0.39, 0.29) is 5.12 Å². The molecule has 0 aliphatic heterocycles. The normalized spacial score (nSPS) is 10.9. The van der Waals surface area contributed by atoms with E-state index in [1.807, 2.05) is 0 Å². The monoisotopic (exact) mass is 189 g/mol. The fourth-order valence-corrected chi connectivity index (χ4v) is 0.533. The molecule has 0 aromatic rings. The minimum Gasteiger partial charge on any atom is -0.335 e. The van der Waals surface area contributed by atoms with Gasteiger partial charge in [-0.25, -0.2) is 4.58 Å². The summed E-state index contributed by atoms with van der Waals surface area (Å²) in [6, 6.07) is -0.914. The van der Waals surface area contributed by atoms with Gasteiger partial charge in [-0.15, -0.1) is 13.2 Å². The highest BCUT2D eigenvalue weighted by Gasteiger charge is 2.38. The third-order valence-electron chi connectivity index (χ3n) is 0.853. The van der Waals surface area contributed by atoms with Crippen molar-refractivity contribution in [3.63, 3.8) is 0 Å². The molecule has 0 unspecified atom stereocenters. The molecule has 0 atom stereocenters. The molecule has 0 N–H and O–H groups in total. The number of alkyl halides is 3. The Bertz CT molecular complexity index is 182. The molecule has 0 aliphatic rings. The van der Waals surface area contributed by atoms with Crippen LogP contribution in [0.2, 0.25) is 0 Å². The van der Waals surface area contributed by atoms with E-state index in [1.165, 1.54) is 14.1 Å². The van der Waals surface area contributed by atoms with Gasteiger partial charge in [0.05, 0.1) is 14.1 Å². The molecule has 0 amide bonds. The topological polar surface area (TPSA) is 15.5 Å². The number of halogens is 4. The van der Waals surface area contributed by atoms with E-state index in [0.717, 1.165) is 11.6 Å². The van der Waals surface area contributed by atoms with Crippen LogP contribution in [-0.4, -0.2) is 43.2 Å². The molecule has 0 saturated carbocycles. The van der Waals surface area contributed by atoms with E-state index in [1.54, 1.807) is 0 Å². The van der Waals surface area contributed by atoms with Crippen molar-refractivity contribution in [1.82, 2.24) is 5.12 Å². The Morgan fingerprint density at radius 1 is 1.33 bits per heavy atom. The van der Waals surface area contributed by atoms with Gasteiger partial charge in [-0.05, 0) is 5.12 Å². The van der Waals surface area contributed by atoms with E-state index < -0.39 is 12.4 Å². The molecule has 0 saturated heterocycles. The van der Waals surface area contributed by atoms with Crippen LogP contribution in [0.25, 0.3) is 0 Å². The maximum atomic E-state index is 12.3. The Balaban J connectivity index is 4.49. The second-order valence-corrected chi connectivity index (χ2v) is 2.20. The lowest BCUT2D eigenvalue weighted by Crippen LogP contribution is -2.34. The predicted molar refractivity (Wildman–Crippen MR) is 33.1 cm³/mol. The molecule has 0 spiro atoms. The van der Waals surface area contributed by atoms with Crippen LogP contribution in [0.3, 0.4) is 0 Å². The quantitative estimate of drug-likeness (QED) is 0.185. The Kier molecular flexibility index (Phi) is 3.29. The van der Waals surface area contributed by atoms with Gasteiger partial charge in [0, 0.05) is 4.48 Å². The first kappa shape index (κ1) is 11.0. The fraction of sp³-hybridized carbons (Fsp3) is 0.800. The van der Waals surface area contributed by atoms with E-state index in [0.29, 0.717) is 0 Å². The van der Waals surface area contributed by atoms with Crippen LogP contribution in [-0.2, 0) is 4.74 Å². The first-order valence-corrected chi connectivity index (χ1v) is 2.93. The van der Waals surface area contributed by atoms with Crippen molar-refractivity contribution in [2.45, 2.75) is 6.36 Å². The predicted octanol–water partition coefficient (Wildman–Crippen LogP) is 0.967. The molecule has 0 aromatic heterocycles. The lowest BCUT2D eigenvalue weighted by Gasteiger charge is -2.09. The fourth-order valence-electron chi connectivity index (χ4n) is 0.533. The van der Waals surface area contributed by atoms with E-state index in [2.05, 4.69) is 4.74 Å². The summed E-state index contributed by atoms with van der Waals surface area (Å²) in [5.41, 5.74) is 0. The number of amidine groups is 1. The molecule has 3 nitrogen and oxygen atoms in total. The van der Waals surface area contributed by atoms with Gasteiger partial charge in [0.15, 0.2) is 0 Å². The Labute approximate surface area is 66.8 Å². The Hall–Kier alpha value is -1.01. The van der Waals surface area contributed by atoms with E-state index in [9.17, 15) is 17.7 Å². The molecule has 0 aliphatic carbocycles. The summed E-state index contributed by atoms with van der Waals surface area (Å²) in [6.45, 7) is 0. The Morgan fingerprint density at radius 2 is 1.75 bits per heavy atom. The van der Waals surface area contributed by atoms with Crippen LogP contribution in [0.4, 0.5) is 17.7 Å². The van der Waals surface area contributed by atoms with Gasteiger partial charge in [0.25, 0.3) is 0 Å². The summed E-state index contributed by atoms with van der Waals surface area (Å²) in [5.74, 6) is 0. The van der Waals surface area contributed by atoms with Crippen molar-refractivity contribution in [2.24, 2.45) is 0 Å². The maximum absolute atomic E-state index is 12.3. The van der Waals surface area contributed by atoms with Gasteiger partial charge in [0.2, 0.25) is 0 Å². The van der Waals surface area contributed by atoms with Crippen molar-refractivity contribution in [3.05, 3.63) is 0 Å². The summed E-state index contributed by atoms with van der Waals surface area (Å²) in [5, 5.41) is -0.256. The molecule has 0 fully saturated rings. The second kappa shape index (κ2) is 3.59. The van der Waals surface area contributed by atoms with Gasteiger partial charge >= 0.3 is 12.4 Å².